The van der Waals surface area contributed by atoms with Gasteiger partial charge in [0.2, 0.25) is 5.91 Å². The van der Waals surface area contributed by atoms with E-state index in [9.17, 15) is 9.59 Å². The second-order valence-corrected chi connectivity index (χ2v) is 7.56. The van der Waals surface area contributed by atoms with Crippen molar-refractivity contribution in [3.63, 3.8) is 0 Å². The maximum Gasteiger partial charge on any atom is 0.407 e. The molecule has 2 aromatic carbocycles. The summed E-state index contributed by atoms with van der Waals surface area (Å²) in [4.78, 5) is 29.1. The number of anilines is 1. The third-order valence-electron chi connectivity index (χ3n) is 5.14. The third kappa shape index (κ3) is 7.10. The lowest BCUT2D eigenvalue weighted by Crippen LogP contribution is -2.36. The molecular weight excluding hydrogens is 390 g/mol. The topological polar surface area (TPSA) is 80.3 Å². The van der Waals surface area contributed by atoms with E-state index in [-0.39, 0.29) is 25.0 Å². The average Bonchev–Trinajstić information content (AvgIpc) is 2.80. The summed E-state index contributed by atoms with van der Waals surface area (Å²) in [5, 5.41) is 7.77. The Morgan fingerprint density at radius 3 is 2.68 bits per heavy atom. The van der Waals surface area contributed by atoms with Gasteiger partial charge in [0.15, 0.2) is 0 Å². The number of benzene rings is 2. The molecule has 3 aromatic rings. The van der Waals surface area contributed by atoms with Gasteiger partial charge in [-0.2, -0.15) is 0 Å². The molecule has 0 saturated carbocycles. The number of rotatable bonds is 10. The summed E-state index contributed by atoms with van der Waals surface area (Å²) in [6.07, 6.45) is 6.75. The maximum absolute atomic E-state index is 12.9. The van der Waals surface area contributed by atoms with Crippen LogP contribution in [-0.2, 0) is 16.1 Å². The van der Waals surface area contributed by atoms with Crippen molar-refractivity contribution in [1.82, 2.24) is 10.3 Å². The molecule has 1 aromatic heterocycles. The van der Waals surface area contributed by atoms with Crippen LogP contribution in [0.1, 0.15) is 38.2 Å². The molecular formula is C25H29N3O3. The standard InChI is InChI=1S/C25H29N3O3/c1-2-3-5-10-22(17-27-25(30)31-18-19-8-6-4-7-9-19)24(29)28-23-12-11-21-16-26-14-13-20(21)15-23/h4,6-9,11-16,22H,2-3,5,10,17-18H2,1H3,(H,27,30)(H,28,29). The molecule has 0 spiro atoms. The van der Waals surface area contributed by atoms with Crippen LogP contribution >= 0.6 is 0 Å². The van der Waals surface area contributed by atoms with E-state index < -0.39 is 6.09 Å². The molecule has 0 radical (unpaired) electrons. The fourth-order valence-corrected chi connectivity index (χ4v) is 3.35. The number of unbranched alkanes of at least 4 members (excludes halogenated alkanes) is 2. The Balaban J connectivity index is 1.56. The molecule has 1 atom stereocenters. The molecule has 162 valence electrons. The summed E-state index contributed by atoms with van der Waals surface area (Å²) < 4.78 is 5.26. The molecule has 0 fully saturated rings. The molecule has 0 aliphatic carbocycles. The zero-order valence-electron chi connectivity index (χ0n) is 17.8. The highest BCUT2D eigenvalue weighted by molar-refractivity contribution is 5.95. The Morgan fingerprint density at radius 2 is 1.87 bits per heavy atom. The van der Waals surface area contributed by atoms with Gasteiger partial charge in [-0.3, -0.25) is 9.78 Å². The number of amides is 2. The van der Waals surface area contributed by atoms with Crippen molar-refractivity contribution in [2.24, 2.45) is 5.92 Å². The molecule has 0 saturated heterocycles. The van der Waals surface area contributed by atoms with E-state index in [0.717, 1.165) is 41.3 Å². The molecule has 0 aliphatic rings. The molecule has 31 heavy (non-hydrogen) atoms. The Morgan fingerprint density at radius 1 is 1.03 bits per heavy atom. The van der Waals surface area contributed by atoms with Crippen molar-refractivity contribution in [2.45, 2.75) is 39.2 Å². The highest BCUT2D eigenvalue weighted by Crippen LogP contribution is 2.19. The summed E-state index contributed by atoms with van der Waals surface area (Å²) >= 11 is 0. The molecule has 2 N–H and O–H groups in total. The number of nitrogens with one attached hydrogen (secondary N) is 2. The van der Waals surface area contributed by atoms with E-state index in [0.29, 0.717) is 6.42 Å². The number of carbonyl (C=O) groups is 2. The van der Waals surface area contributed by atoms with Crippen LogP contribution < -0.4 is 10.6 Å². The van der Waals surface area contributed by atoms with Gasteiger partial charge in [-0.15, -0.1) is 0 Å². The fourth-order valence-electron chi connectivity index (χ4n) is 3.35. The zero-order valence-corrected chi connectivity index (χ0v) is 17.8. The first-order valence-electron chi connectivity index (χ1n) is 10.7. The van der Waals surface area contributed by atoms with Crippen molar-refractivity contribution in [2.75, 3.05) is 11.9 Å². The molecule has 6 nitrogen and oxygen atoms in total. The smallest absolute Gasteiger partial charge is 0.407 e. The van der Waals surface area contributed by atoms with Crippen molar-refractivity contribution in [3.8, 4) is 0 Å². The molecule has 1 heterocycles. The minimum atomic E-state index is -0.518. The molecule has 3 rings (SSSR count). The van der Waals surface area contributed by atoms with Crippen LogP contribution in [0.3, 0.4) is 0 Å². The Bertz CT molecular complexity index is 991. The van der Waals surface area contributed by atoms with E-state index >= 15 is 0 Å². The van der Waals surface area contributed by atoms with Crippen LogP contribution in [-0.4, -0.2) is 23.5 Å². The summed E-state index contributed by atoms with van der Waals surface area (Å²) in [5.41, 5.74) is 1.65. The number of aromatic nitrogens is 1. The van der Waals surface area contributed by atoms with Crippen LogP contribution in [0.2, 0.25) is 0 Å². The number of alkyl carbamates (subject to hydrolysis) is 1. The first-order valence-corrected chi connectivity index (χ1v) is 10.7. The summed E-state index contributed by atoms with van der Waals surface area (Å²) in [7, 11) is 0. The molecule has 1 unspecified atom stereocenters. The van der Waals surface area contributed by atoms with Crippen molar-refractivity contribution >= 4 is 28.5 Å². The highest BCUT2D eigenvalue weighted by atomic mass is 16.5. The predicted octanol–water partition coefficient (Wildman–Crippen LogP) is 5.30. The van der Waals surface area contributed by atoms with Gasteiger partial charge in [0.05, 0.1) is 5.92 Å². The van der Waals surface area contributed by atoms with E-state index in [2.05, 4.69) is 22.5 Å². The highest BCUT2D eigenvalue weighted by Gasteiger charge is 2.20. The van der Waals surface area contributed by atoms with Gasteiger partial charge in [-0.05, 0) is 35.6 Å². The van der Waals surface area contributed by atoms with Crippen LogP contribution in [0.5, 0.6) is 0 Å². The maximum atomic E-state index is 12.9. The third-order valence-corrected chi connectivity index (χ3v) is 5.14. The minimum Gasteiger partial charge on any atom is -0.445 e. The van der Waals surface area contributed by atoms with E-state index in [1.54, 1.807) is 12.4 Å². The van der Waals surface area contributed by atoms with Crippen molar-refractivity contribution in [3.05, 3.63) is 72.6 Å². The molecule has 2 amide bonds. The van der Waals surface area contributed by atoms with Gasteiger partial charge >= 0.3 is 6.09 Å². The molecule has 0 aliphatic heterocycles. The van der Waals surface area contributed by atoms with E-state index in [1.165, 1.54) is 0 Å². The van der Waals surface area contributed by atoms with Gasteiger partial charge < -0.3 is 15.4 Å². The monoisotopic (exact) mass is 419 g/mol. The van der Waals surface area contributed by atoms with Gasteiger partial charge in [-0.1, -0.05) is 62.6 Å². The van der Waals surface area contributed by atoms with E-state index in [1.807, 2.05) is 54.6 Å². The predicted molar refractivity (Wildman–Crippen MR) is 123 cm³/mol. The summed E-state index contributed by atoms with van der Waals surface area (Å²) in [6.45, 7) is 2.56. The van der Waals surface area contributed by atoms with Gasteiger partial charge in [0.25, 0.3) is 0 Å². The lowest BCUT2D eigenvalue weighted by atomic mass is 10.00. The fraction of sp³-hybridized carbons (Fsp3) is 0.320. The SMILES string of the molecule is CCCCCC(CNC(=O)OCc1ccccc1)C(=O)Nc1ccc2cnccc2c1. The van der Waals surface area contributed by atoms with Crippen LogP contribution in [0, 0.1) is 5.92 Å². The zero-order chi connectivity index (χ0) is 21.9. The average molecular weight is 420 g/mol. The Labute approximate surface area is 183 Å². The summed E-state index contributed by atoms with van der Waals surface area (Å²) in [6, 6.07) is 17.1. The Kier molecular flexibility index (Phi) is 8.40. The van der Waals surface area contributed by atoms with Crippen LogP contribution in [0.4, 0.5) is 10.5 Å². The molecule has 6 heteroatoms. The number of carbonyl (C=O) groups excluding carboxylic acids is 2. The normalized spacial score (nSPS) is 11.6. The number of ether oxygens (including phenoxy) is 1. The van der Waals surface area contributed by atoms with Crippen LogP contribution in [0.25, 0.3) is 10.8 Å². The quantitative estimate of drug-likeness (QED) is 0.437. The second-order valence-electron chi connectivity index (χ2n) is 7.56. The van der Waals surface area contributed by atoms with Crippen molar-refractivity contribution in [1.29, 1.82) is 0 Å². The van der Waals surface area contributed by atoms with Gasteiger partial charge in [0.1, 0.15) is 6.61 Å². The van der Waals surface area contributed by atoms with E-state index in [4.69, 9.17) is 4.74 Å². The molecule has 0 bridgehead atoms. The number of pyridine rings is 1. The van der Waals surface area contributed by atoms with Gasteiger partial charge in [-0.25, -0.2) is 4.79 Å². The Hall–Kier alpha value is -3.41. The lowest BCUT2D eigenvalue weighted by Gasteiger charge is -2.18. The van der Waals surface area contributed by atoms with Crippen molar-refractivity contribution < 1.29 is 14.3 Å². The van der Waals surface area contributed by atoms with Gasteiger partial charge in [0, 0.05) is 30.0 Å². The number of nitrogens with zero attached hydrogens (tertiary/aromatic N) is 1. The summed E-state index contributed by atoms with van der Waals surface area (Å²) in [5.74, 6) is -0.433. The largest absolute Gasteiger partial charge is 0.445 e. The lowest BCUT2D eigenvalue weighted by molar-refractivity contribution is -0.119. The number of hydrogen-bond acceptors (Lipinski definition) is 4. The minimum absolute atomic E-state index is 0.104. The first-order chi connectivity index (χ1) is 15.2. The number of hydrogen-bond donors (Lipinski definition) is 2. The first kappa shape index (κ1) is 22.3. The van der Waals surface area contributed by atoms with Crippen LogP contribution in [0.15, 0.2) is 67.0 Å². The number of fused-ring (bicyclic) bond motifs is 1. The second kappa shape index (κ2) is 11.7.